The lowest BCUT2D eigenvalue weighted by Gasteiger charge is -2.31. The monoisotopic (exact) mass is 640 g/mol. The molecule has 4 rings (SSSR count). The molecule has 0 bridgehead atoms. The summed E-state index contributed by atoms with van der Waals surface area (Å²) in [5, 5.41) is 24.3. The van der Waals surface area contributed by atoms with Crippen molar-refractivity contribution in [2.45, 2.75) is 114 Å². The number of aliphatic hydroxyl groups is 1. The summed E-state index contributed by atoms with van der Waals surface area (Å²) >= 11 is 0. The molecular formula is C33H48N6O7. The van der Waals surface area contributed by atoms with E-state index in [2.05, 4.69) is 26.6 Å². The number of rotatable bonds is 6. The number of nitrogens with zero attached hydrogens (tertiary/aromatic N) is 1. The van der Waals surface area contributed by atoms with Gasteiger partial charge < -0.3 is 36.6 Å². The van der Waals surface area contributed by atoms with Crippen LogP contribution in [0.1, 0.15) is 77.2 Å². The van der Waals surface area contributed by atoms with Gasteiger partial charge in [0.25, 0.3) is 0 Å². The fourth-order valence-electron chi connectivity index (χ4n) is 6.13. The van der Waals surface area contributed by atoms with Gasteiger partial charge in [-0.1, -0.05) is 43.7 Å². The normalized spacial score (nSPS) is 28.2. The molecule has 6 N–H and O–H groups in total. The Morgan fingerprint density at radius 1 is 0.870 bits per heavy atom. The lowest BCUT2D eigenvalue weighted by atomic mass is 9.84. The maximum atomic E-state index is 13.9. The van der Waals surface area contributed by atoms with Crippen molar-refractivity contribution >= 4 is 35.4 Å². The highest BCUT2D eigenvalue weighted by Gasteiger charge is 2.39. The van der Waals surface area contributed by atoms with E-state index in [9.17, 15) is 33.9 Å². The number of carbonyl (C=O) groups is 6. The van der Waals surface area contributed by atoms with Crippen LogP contribution in [0.25, 0.3) is 0 Å². The van der Waals surface area contributed by atoms with Gasteiger partial charge in [0.05, 0.1) is 6.10 Å². The molecule has 0 unspecified atom stereocenters. The van der Waals surface area contributed by atoms with Crippen LogP contribution in [0.15, 0.2) is 30.3 Å². The minimum absolute atomic E-state index is 0.137. The smallest absolute Gasteiger partial charge is 0.246 e. The van der Waals surface area contributed by atoms with Crippen molar-refractivity contribution in [1.82, 2.24) is 31.5 Å². The first-order valence-corrected chi connectivity index (χ1v) is 16.6. The molecule has 6 amide bonds. The molecule has 2 aliphatic heterocycles. The Morgan fingerprint density at radius 3 is 2.24 bits per heavy atom. The topological polar surface area (TPSA) is 186 Å². The van der Waals surface area contributed by atoms with Gasteiger partial charge in [0, 0.05) is 25.4 Å². The minimum atomic E-state index is -1.43. The largest absolute Gasteiger partial charge is 0.391 e. The average molecular weight is 641 g/mol. The van der Waals surface area contributed by atoms with Crippen LogP contribution in [0.3, 0.4) is 0 Å². The fourth-order valence-corrected chi connectivity index (χ4v) is 6.13. The zero-order valence-electron chi connectivity index (χ0n) is 26.8. The van der Waals surface area contributed by atoms with E-state index in [0.717, 1.165) is 24.8 Å². The Hall–Kier alpha value is -4.00. The van der Waals surface area contributed by atoms with Crippen molar-refractivity contribution in [3.63, 3.8) is 0 Å². The van der Waals surface area contributed by atoms with E-state index in [4.69, 9.17) is 0 Å². The van der Waals surface area contributed by atoms with Gasteiger partial charge in [-0.3, -0.25) is 28.8 Å². The van der Waals surface area contributed by atoms with Gasteiger partial charge >= 0.3 is 0 Å². The van der Waals surface area contributed by atoms with Crippen LogP contribution in [0, 0.1) is 5.92 Å². The van der Waals surface area contributed by atoms with Crippen LogP contribution in [0.5, 0.6) is 0 Å². The summed E-state index contributed by atoms with van der Waals surface area (Å²) in [6.45, 7) is 3.72. The van der Waals surface area contributed by atoms with Gasteiger partial charge in [-0.25, -0.2) is 0 Å². The van der Waals surface area contributed by atoms with Crippen LogP contribution < -0.4 is 26.6 Å². The summed E-state index contributed by atoms with van der Waals surface area (Å²) in [5.41, 5.74) is 0.782. The van der Waals surface area contributed by atoms with Crippen molar-refractivity contribution in [3.8, 4) is 0 Å². The summed E-state index contributed by atoms with van der Waals surface area (Å²) in [5.74, 6) is -3.03. The van der Waals surface area contributed by atoms with Crippen LogP contribution in [0.2, 0.25) is 0 Å². The number of carbonyl (C=O) groups excluding carboxylic acids is 6. The summed E-state index contributed by atoms with van der Waals surface area (Å²) in [7, 11) is 0. The molecule has 252 valence electrons. The first-order chi connectivity index (χ1) is 22.1. The Labute approximate surface area is 270 Å². The Kier molecular flexibility index (Phi) is 12.5. The van der Waals surface area contributed by atoms with Crippen molar-refractivity contribution in [3.05, 3.63) is 35.9 Å². The Balaban J connectivity index is 1.59. The lowest BCUT2D eigenvalue weighted by molar-refractivity contribution is -0.142. The van der Waals surface area contributed by atoms with E-state index in [1.165, 1.54) is 11.8 Å². The molecule has 46 heavy (non-hydrogen) atoms. The van der Waals surface area contributed by atoms with Crippen molar-refractivity contribution in [2.75, 3.05) is 13.1 Å². The molecule has 0 aromatic heterocycles. The molecule has 6 atom stereocenters. The quantitative estimate of drug-likeness (QED) is 0.254. The van der Waals surface area contributed by atoms with E-state index < -0.39 is 59.9 Å². The van der Waals surface area contributed by atoms with Gasteiger partial charge in [0.1, 0.15) is 30.2 Å². The molecule has 2 saturated heterocycles. The van der Waals surface area contributed by atoms with Crippen LogP contribution in [-0.2, 0) is 35.2 Å². The number of nitrogens with one attached hydrogen (secondary N) is 5. The molecule has 13 heteroatoms. The summed E-state index contributed by atoms with van der Waals surface area (Å²) < 4.78 is 0. The SMILES string of the molecule is CC[C@@H]1NC(=O)[C@@H](NC(=O)C2CCC2)CCCCNC(=O)[C@@H]2CCCN2C(=O)[C@@H](Cc2ccccc2)NC(=O)[C@H]([C@@H](C)O)NC1=O. The number of fused-ring (bicyclic) bond motifs is 1. The fraction of sp³-hybridized carbons (Fsp3) is 0.636. The Morgan fingerprint density at radius 2 is 1.59 bits per heavy atom. The van der Waals surface area contributed by atoms with Gasteiger partial charge in [-0.2, -0.15) is 0 Å². The summed E-state index contributed by atoms with van der Waals surface area (Å²) in [6.07, 6.45) is 3.93. The first-order valence-electron chi connectivity index (χ1n) is 16.6. The highest BCUT2D eigenvalue weighted by atomic mass is 16.3. The maximum absolute atomic E-state index is 13.9. The molecule has 1 saturated carbocycles. The number of benzene rings is 1. The standard InChI is InChI=1S/C33H48N6O7/c1-3-23-29(42)38-27(20(2)40)32(45)37-25(19-21-11-5-4-6-12-21)33(46)39-18-10-16-26(39)31(44)34-17-8-7-15-24(30(43)35-23)36-28(41)22-13-9-14-22/h4-6,11-12,20,22-27,40H,3,7-10,13-19H2,1-2H3,(H,34,44)(H,35,43)(H,36,41)(H,37,45)(H,38,42)/t20-,23+,24+,25-,26+,27+/m1/s1. The molecule has 3 aliphatic rings. The second kappa shape index (κ2) is 16.5. The molecule has 0 spiro atoms. The van der Waals surface area contributed by atoms with Gasteiger partial charge in [-0.05, 0) is 63.9 Å². The predicted octanol–water partition coefficient (Wildman–Crippen LogP) is 0.0503. The van der Waals surface area contributed by atoms with Crippen LogP contribution >= 0.6 is 0 Å². The van der Waals surface area contributed by atoms with Crippen molar-refractivity contribution in [1.29, 1.82) is 0 Å². The second-order valence-corrected chi connectivity index (χ2v) is 12.6. The minimum Gasteiger partial charge on any atom is -0.391 e. The molecule has 1 aromatic carbocycles. The van der Waals surface area contributed by atoms with E-state index in [1.54, 1.807) is 6.92 Å². The molecular weight excluding hydrogens is 592 g/mol. The van der Waals surface area contributed by atoms with E-state index in [0.29, 0.717) is 45.2 Å². The van der Waals surface area contributed by atoms with E-state index in [1.807, 2.05) is 30.3 Å². The number of hydrogen-bond acceptors (Lipinski definition) is 7. The first kappa shape index (κ1) is 34.9. The summed E-state index contributed by atoms with van der Waals surface area (Å²) in [4.78, 5) is 81.8. The van der Waals surface area contributed by atoms with E-state index >= 15 is 0 Å². The zero-order chi connectivity index (χ0) is 33.2. The molecule has 1 aliphatic carbocycles. The van der Waals surface area contributed by atoms with Gasteiger partial charge in [-0.15, -0.1) is 0 Å². The highest BCUT2D eigenvalue weighted by Crippen LogP contribution is 2.26. The molecule has 0 radical (unpaired) electrons. The molecule has 1 aromatic rings. The lowest BCUT2D eigenvalue weighted by Crippen LogP contribution is -2.61. The predicted molar refractivity (Wildman–Crippen MR) is 169 cm³/mol. The van der Waals surface area contributed by atoms with Crippen LogP contribution in [-0.4, -0.2) is 94.9 Å². The van der Waals surface area contributed by atoms with Crippen molar-refractivity contribution < 1.29 is 33.9 Å². The van der Waals surface area contributed by atoms with Gasteiger partial charge in [0.2, 0.25) is 35.4 Å². The number of hydrogen-bond donors (Lipinski definition) is 6. The second-order valence-electron chi connectivity index (χ2n) is 12.6. The molecule has 13 nitrogen and oxygen atoms in total. The zero-order valence-corrected chi connectivity index (χ0v) is 26.8. The third kappa shape index (κ3) is 9.05. The third-order valence-electron chi connectivity index (χ3n) is 9.17. The van der Waals surface area contributed by atoms with Crippen molar-refractivity contribution in [2.24, 2.45) is 5.92 Å². The van der Waals surface area contributed by atoms with Crippen LogP contribution in [0.4, 0.5) is 0 Å². The maximum Gasteiger partial charge on any atom is 0.246 e. The van der Waals surface area contributed by atoms with Gasteiger partial charge in [0.15, 0.2) is 0 Å². The number of amides is 6. The highest BCUT2D eigenvalue weighted by molar-refractivity contribution is 5.97. The molecule has 2 heterocycles. The summed E-state index contributed by atoms with van der Waals surface area (Å²) in [6, 6.07) is 3.99. The third-order valence-corrected chi connectivity index (χ3v) is 9.17. The average Bonchev–Trinajstić information content (AvgIpc) is 3.50. The molecule has 3 fully saturated rings. The van der Waals surface area contributed by atoms with E-state index in [-0.39, 0.29) is 30.6 Å². The number of aliphatic hydroxyl groups excluding tert-OH is 1. The Bertz CT molecular complexity index is 1250.